The molecule has 1 aliphatic rings. The number of nitrogen functional groups attached to an aromatic ring is 1. The van der Waals surface area contributed by atoms with E-state index in [1.54, 1.807) is 13.8 Å². The van der Waals surface area contributed by atoms with E-state index in [0.717, 1.165) is 12.8 Å². The maximum atomic E-state index is 11.7. The summed E-state index contributed by atoms with van der Waals surface area (Å²) >= 11 is 0. The molecule has 0 saturated heterocycles. The molecule has 138 valence electrons. The van der Waals surface area contributed by atoms with E-state index in [4.69, 9.17) is 15.2 Å². The Morgan fingerprint density at radius 3 is 2.72 bits per heavy atom. The molecule has 1 atom stereocenters. The maximum Gasteiger partial charge on any atom is 0.328 e. The van der Waals surface area contributed by atoms with Crippen LogP contribution in [0.25, 0.3) is 0 Å². The number of nitrogens with zero attached hydrogens (tertiary/aromatic N) is 3. The van der Waals surface area contributed by atoms with Crippen molar-refractivity contribution >= 4 is 23.4 Å². The van der Waals surface area contributed by atoms with Gasteiger partial charge in [-0.2, -0.15) is 9.97 Å². The summed E-state index contributed by atoms with van der Waals surface area (Å²) < 4.78 is 10.6. The molecule has 1 saturated carbocycles. The van der Waals surface area contributed by atoms with Crippen molar-refractivity contribution in [3.63, 3.8) is 0 Å². The van der Waals surface area contributed by atoms with Gasteiger partial charge in [0.2, 0.25) is 11.6 Å². The van der Waals surface area contributed by atoms with Crippen molar-refractivity contribution in [3.05, 3.63) is 4.91 Å². The van der Waals surface area contributed by atoms with Crippen LogP contribution in [0.3, 0.4) is 0 Å². The third-order valence-electron chi connectivity index (χ3n) is 4.13. The largest absolute Gasteiger partial charge is 0.476 e. The Morgan fingerprint density at radius 1 is 1.36 bits per heavy atom. The summed E-state index contributed by atoms with van der Waals surface area (Å²) in [5.74, 6) is -0.0153. The van der Waals surface area contributed by atoms with Crippen molar-refractivity contribution in [1.29, 1.82) is 0 Å². The molecule has 25 heavy (non-hydrogen) atoms. The highest BCUT2D eigenvalue weighted by molar-refractivity contribution is 5.80. The first-order valence-electron chi connectivity index (χ1n) is 8.62. The van der Waals surface area contributed by atoms with Crippen LogP contribution in [-0.2, 0) is 9.53 Å². The van der Waals surface area contributed by atoms with Gasteiger partial charge in [-0.05, 0) is 37.8 Å². The molecule has 9 heteroatoms. The molecule has 0 bridgehead atoms. The molecule has 0 aromatic carbocycles. The summed E-state index contributed by atoms with van der Waals surface area (Å²) in [6.07, 6.45) is 5.80. The molecule has 0 radical (unpaired) electrons. The number of nitroso groups, excluding NO2 is 1. The Balaban J connectivity index is 2.12. The fourth-order valence-corrected chi connectivity index (χ4v) is 2.82. The number of aromatic nitrogens is 2. The summed E-state index contributed by atoms with van der Waals surface area (Å²) in [7, 11) is 0. The number of hydrogen-bond donors (Lipinski definition) is 2. The maximum absolute atomic E-state index is 11.7. The van der Waals surface area contributed by atoms with Crippen molar-refractivity contribution < 1.29 is 14.3 Å². The van der Waals surface area contributed by atoms with Crippen LogP contribution in [0.15, 0.2) is 5.18 Å². The highest BCUT2D eigenvalue weighted by Gasteiger charge is 2.22. The summed E-state index contributed by atoms with van der Waals surface area (Å²) in [6.45, 7) is 4.01. The number of esters is 1. The first-order valence-corrected chi connectivity index (χ1v) is 8.62. The van der Waals surface area contributed by atoms with E-state index in [1.165, 1.54) is 19.3 Å². The molecular formula is C16H25N5O4. The number of carbonyl (C=O) groups excluding carboxylic acids is 1. The highest BCUT2D eigenvalue weighted by atomic mass is 16.5. The van der Waals surface area contributed by atoms with Crippen LogP contribution < -0.4 is 15.8 Å². The first kappa shape index (κ1) is 18.9. The Hall–Kier alpha value is -2.45. The zero-order chi connectivity index (χ0) is 18.2. The number of carbonyl (C=O) groups is 1. The predicted molar refractivity (Wildman–Crippen MR) is 93.7 cm³/mol. The third kappa shape index (κ3) is 5.27. The zero-order valence-electron chi connectivity index (χ0n) is 14.7. The van der Waals surface area contributed by atoms with E-state index < -0.39 is 12.0 Å². The second-order valence-electron chi connectivity index (χ2n) is 6.11. The highest BCUT2D eigenvalue weighted by Crippen LogP contribution is 2.34. The lowest BCUT2D eigenvalue weighted by atomic mass is 9.90. The minimum atomic E-state index is -0.721. The van der Waals surface area contributed by atoms with E-state index in [-0.39, 0.29) is 29.9 Å². The minimum Gasteiger partial charge on any atom is -0.476 e. The van der Waals surface area contributed by atoms with Gasteiger partial charge >= 0.3 is 5.97 Å². The second kappa shape index (κ2) is 9.14. The van der Waals surface area contributed by atoms with Crippen LogP contribution >= 0.6 is 0 Å². The zero-order valence-corrected chi connectivity index (χ0v) is 14.7. The average molecular weight is 351 g/mol. The topological polar surface area (TPSA) is 129 Å². The molecule has 1 heterocycles. The van der Waals surface area contributed by atoms with Crippen LogP contribution in [0, 0.1) is 10.8 Å². The Morgan fingerprint density at radius 2 is 2.08 bits per heavy atom. The Bertz CT molecular complexity index is 604. The molecule has 0 unspecified atom stereocenters. The van der Waals surface area contributed by atoms with Crippen molar-refractivity contribution in [2.75, 3.05) is 24.3 Å². The van der Waals surface area contributed by atoms with Crippen LogP contribution in [0.5, 0.6) is 5.88 Å². The Labute approximate surface area is 146 Å². The summed E-state index contributed by atoms with van der Waals surface area (Å²) in [5, 5.41) is 5.75. The lowest BCUT2D eigenvalue weighted by molar-refractivity contribution is -0.143. The first-order chi connectivity index (χ1) is 12.0. The Kier molecular flexibility index (Phi) is 6.91. The summed E-state index contributed by atoms with van der Waals surface area (Å²) in [4.78, 5) is 31.0. The number of rotatable bonds is 8. The molecule has 1 aromatic heterocycles. The van der Waals surface area contributed by atoms with Gasteiger partial charge in [0, 0.05) is 0 Å². The average Bonchev–Trinajstić information content (AvgIpc) is 2.60. The fourth-order valence-electron chi connectivity index (χ4n) is 2.82. The smallest absolute Gasteiger partial charge is 0.328 e. The molecule has 3 N–H and O–H groups in total. The molecule has 1 fully saturated rings. The molecule has 9 nitrogen and oxygen atoms in total. The molecule has 1 aliphatic carbocycles. The van der Waals surface area contributed by atoms with Crippen LogP contribution in [-0.4, -0.2) is 35.2 Å². The van der Waals surface area contributed by atoms with Gasteiger partial charge in [0.05, 0.1) is 13.2 Å². The van der Waals surface area contributed by atoms with E-state index in [1.807, 2.05) is 0 Å². The quantitative estimate of drug-likeness (QED) is 0.540. The van der Waals surface area contributed by atoms with E-state index in [2.05, 4.69) is 20.5 Å². The fraction of sp³-hybridized carbons (Fsp3) is 0.688. The molecule has 0 spiro atoms. The van der Waals surface area contributed by atoms with E-state index in [0.29, 0.717) is 12.5 Å². The van der Waals surface area contributed by atoms with E-state index in [9.17, 15) is 9.70 Å². The number of nitrogens with two attached hydrogens (primary N) is 1. The van der Waals surface area contributed by atoms with Crippen molar-refractivity contribution in [1.82, 2.24) is 9.97 Å². The number of ether oxygens (including phenoxy) is 2. The second-order valence-corrected chi connectivity index (χ2v) is 6.11. The summed E-state index contributed by atoms with van der Waals surface area (Å²) in [5.41, 5.74) is 5.60. The molecule has 2 rings (SSSR count). The van der Waals surface area contributed by atoms with Gasteiger partial charge in [0.1, 0.15) is 6.04 Å². The standard InChI is InChI=1S/C16H25N5O4/c1-3-24-15(22)10(2)18-13-12(21-23)14(20-16(17)19-13)25-9-11-7-5-4-6-8-11/h10-11H,3-9H2,1-2H3,(H3,17,18,19,20)/t10-/m1/s1. The monoisotopic (exact) mass is 351 g/mol. The predicted octanol–water partition coefficient (Wildman–Crippen LogP) is 2.78. The molecule has 0 aliphatic heterocycles. The summed E-state index contributed by atoms with van der Waals surface area (Å²) in [6, 6.07) is -0.721. The van der Waals surface area contributed by atoms with Crippen molar-refractivity contribution in [2.24, 2.45) is 11.1 Å². The lowest BCUT2D eigenvalue weighted by Gasteiger charge is -2.22. The van der Waals surface area contributed by atoms with Gasteiger partial charge in [-0.15, -0.1) is 4.91 Å². The van der Waals surface area contributed by atoms with Crippen LogP contribution in [0.2, 0.25) is 0 Å². The lowest BCUT2D eigenvalue weighted by Crippen LogP contribution is -2.29. The SMILES string of the molecule is CCOC(=O)[C@@H](C)Nc1nc(N)nc(OCC2CCCCC2)c1N=O. The molecule has 0 amide bonds. The van der Waals surface area contributed by atoms with Gasteiger partial charge < -0.3 is 20.5 Å². The van der Waals surface area contributed by atoms with Gasteiger partial charge in [0.15, 0.2) is 5.82 Å². The number of nitrogens with one attached hydrogen (secondary N) is 1. The van der Waals surface area contributed by atoms with E-state index >= 15 is 0 Å². The number of anilines is 2. The van der Waals surface area contributed by atoms with Crippen molar-refractivity contribution in [2.45, 2.75) is 52.0 Å². The van der Waals surface area contributed by atoms with Crippen molar-refractivity contribution in [3.8, 4) is 5.88 Å². The van der Waals surface area contributed by atoms with Crippen LogP contribution in [0.4, 0.5) is 17.5 Å². The molecular weight excluding hydrogens is 326 g/mol. The molecule has 1 aromatic rings. The normalized spacial score (nSPS) is 16.1. The van der Waals surface area contributed by atoms with Gasteiger partial charge in [-0.1, -0.05) is 19.3 Å². The van der Waals surface area contributed by atoms with Crippen LogP contribution in [0.1, 0.15) is 46.0 Å². The van der Waals surface area contributed by atoms with Gasteiger partial charge in [-0.25, -0.2) is 4.79 Å². The van der Waals surface area contributed by atoms with Gasteiger partial charge in [-0.3, -0.25) is 0 Å². The minimum absolute atomic E-state index is 0.0339. The van der Waals surface area contributed by atoms with Gasteiger partial charge in [0.25, 0.3) is 5.88 Å². The third-order valence-corrected chi connectivity index (χ3v) is 4.13. The number of hydrogen-bond acceptors (Lipinski definition) is 9.